The van der Waals surface area contributed by atoms with Crippen molar-refractivity contribution in [3.63, 3.8) is 0 Å². The summed E-state index contributed by atoms with van der Waals surface area (Å²) in [4.78, 5) is 2.37. The van der Waals surface area contributed by atoms with Crippen LogP contribution in [0.15, 0.2) is 243 Å². The maximum Gasteiger partial charge on any atom is 0.0541 e. The van der Waals surface area contributed by atoms with E-state index in [1.165, 1.54) is 66.0 Å². The Kier molecular flexibility index (Phi) is 8.87. The highest BCUT2D eigenvalue weighted by Gasteiger charge is 2.18. The first kappa shape index (κ1) is 35.2. The topological polar surface area (TPSA) is 8.17 Å². The molecule has 0 radical (unpaired) electrons. The summed E-state index contributed by atoms with van der Waals surface area (Å²) in [6, 6.07) is 87.9. The molecule has 0 spiro atoms. The standard InChI is InChI=1S/C58H40N2/c1-3-14-41(15-4-1)43-28-33-50(34-29-43)59(51-35-30-44(31-36-51)48-27-26-42-16-7-8-19-46(42)38-48)52-21-13-20-47(39-52)49-32-37-58(55(40-49)45-17-5-2-6-18-45)60-56-24-11-9-22-53(56)54-23-10-12-25-57(54)60/h1-40H. The van der Waals surface area contributed by atoms with Gasteiger partial charge in [-0.15, -0.1) is 0 Å². The van der Waals surface area contributed by atoms with Crippen molar-refractivity contribution < 1.29 is 0 Å². The molecule has 2 nitrogen and oxygen atoms in total. The van der Waals surface area contributed by atoms with Crippen LogP contribution in [0.3, 0.4) is 0 Å². The zero-order chi connectivity index (χ0) is 39.8. The summed E-state index contributed by atoms with van der Waals surface area (Å²) in [5.74, 6) is 0. The molecule has 0 unspecified atom stereocenters. The SMILES string of the molecule is c1ccc(-c2ccc(N(c3ccc(-c4ccc5ccccc5c4)cc3)c3cccc(-c4ccc(-n5c6ccccc6c6ccccc65)c(-c5ccccc5)c4)c3)cc2)cc1. The number of benzene rings is 10. The van der Waals surface area contributed by atoms with E-state index in [0.717, 1.165) is 33.9 Å². The lowest BCUT2D eigenvalue weighted by Crippen LogP contribution is -2.10. The molecule has 0 atom stereocenters. The summed E-state index contributed by atoms with van der Waals surface area (Å²) in [6.07, 6.45) is 0. The summed E-state index contributed by atoms with van der Waals surface area (Å²) in [5.41, 5.74) is 16.3. The summed E-state index contributed by atoms with van der Waals surface area (Å²) in [6.45, 7) is 0. The van der Waals surface area contributed by atoms with Gasteiger partial charge in [-0.3, -0.25) is 0 Å². The van der Waals surface area contributed by atoms with Crippen molar-refractivity contribution in [3.05, 3.63) is 243 Å². The highest BCUT2D eigenvalue weighted by atomic mass is 15.1. The van der Waals surface area contributed by atoms with Crippen LogP contribution < -0.4 is 4.90 Å². The summed E-state index contributed by atoms with van der Waals surface area (Å²) in [5, 5.41) is 5.01. The molecule has 10 aromatic carbocycles. The van der Waals surface area contributed by atoms with E-state index in [-0.39, 0.29) is 0 Å². The fourth-order valence-corrected chi connectivity index (χ4v) is 8.82. The van der Waals surface area contributed by atoms with Gasteiger partial charge < -0.3 is 9.47 Å². The summed E-state index contributed by atoms with van der Waals surface area (Å²) < 4.78 is 2.43. The molecule has 1 heterocycles. The van der Waals surface area contributed by atoms with Gasteiger partial charge in [0.15, 0.2) is 0 Å². The first-order chi connectivity index (χ1) is 29.7. The van der Waals surface area contributed by atoms with E-state index in [1.807, 2.05) is 0 Å². The van der Waals surface area contributed by atoms with Crippen LogP contribution in [-0.4, -0.2) is 4.57 Å². The Morgan fingerprint density at radius 2 is 0.733 bits per heavy atom. The van der Waals surface area contributed by atoms with Crippen LogP contribution in [0.25, 0.3) is 82.8 Å². The quantitative estimate of drug-likeness (QED) is 0.150. The molecule has 0 aliphatic rings. The summed E-state index contributed by atoms with van der Waals surface area (Å²) >= 11 is 0. The minimum Gasteiger partial charge on any atom is -0.310 e. The van der Waals surface area contributed by atoms with Crippen LogP contribution >= 0.6 is 0 Å². The first-order valence-electron chi connectivity index (χ1n) is 20.6. The second kappa shape index (κ2) is 15.1. The van der Waals surface area contributed by atoms with Crippen LogP contribution in [0, 0.1) is 0 Å². The van der Waals surface area contributed by atoms with Crippen LogP contribution in [-0.2, 0) is 0 Å². The Bertz CT molecular complexity index is 3240. The van der Waals surface area contributed by atoms with Gasteiger partial charge in [0.1, 0.15) is 0 Å². The van der Waals surface area contributed by atoms with Crippen molar-refractivity contribution in [2.45, 2.75) is 0 Å². The molecule has 0 N–H and O–H groups in total. The first-order valence-corrected chi connectivity index (χ1v) is 20.6. The van der Waals surface area contributed by atoms with Gasteiger partial charge in [-0.2, -0.15) is 0 Å². The van der Waals surface area contributed by atoms with Gasteiger partial charge in [-0.25, -0.2) is 0 Å². The third-order valence-corrected chi connectivity index (χ3v) is 11.8. The zero-order valence-electron chi connectivity index (χ0n) is 33.0. The maximum absolute atomic E-state index is 2.43. The van der Waals surface area contributed by atoms with Gasteiger partial charge in [0, 0.05) is 33.4 Å². The molecular formula is C58H40N2. The van der Waals surface area contributed by atoms with Gasteiger partial charge in [0.25, 0.3) is 0 Å². The maximum atomic E-state index is 2.43. The number of fused-ring (bicyclic) bond motifs is 4. The Morgan fingerprint density at radius 3 is 1.40 bits per heavy atom. The number of rotatable bonds is 8. The minimum atomic E-state index is 1.09. The highest BCUT2D eigenvalue weighted by Crippen LogP contribution is 2.41. The monoisotopic (exact) mass is 764 g/mol. The molecule has 11 aromatic rings. The van der Waals surface area contributed by atoms with Crippen molar-refractivity contribution >= 4 is 49.6 Å². The predicted octanol–water partition coefficient (Wildman–Crippen LogP) is 16.1. The number of hydrogen-bond acceptors (Lipinski definition) is 1. The average molecular weight is 765 g/mol. The highest BCUT2D eigenvalue weighted by molar-refractivity contribution is 6.10. The number of para-hydroxylation sites is 2. The molecule has 0 amide bonds. The van der Waals surface area contributed by atoms with E-state index in [1.54, 1.807) is 0 Å². The predicted molar refractivity (Wildman–Crippen MR) is 255 cm³/mol. The molecule has 0 saturated carbocycles. The van der Waals surface area contributed by atoms with Gasteiger partial charge >= 0.3 is 0 Å². The molecule has 1 aromatic heterocycles. The van der Waals surface area contributed by atoms with E-state index in [4.69, 9.17) is 0 Å². The number of aromatic nitrogens is 1. The van der Waals surface area contributed by atoms with Gasteiger partial charge in [0.05, 0.1) is 16.7 Å². The van der Waals surface area contributed by atoms with Crippen molar-refractivity contribution in [1.29, 1.82) is 0 Å². The van der Waals surface area contributed by atoms with Crippen LogP contribution in [0.5, 0.6) is 0 Å². The molecule has 60 heavy (non-hydrogen) atoms. The van der Waals surface area contributed by atoms with Gasteiger partial charge in [-0.05, 0) is 116 Å². The largest absolute Gasteiger partial charge is 0.310 e. The van der Waals surface area contributed by atoms with Crippen LogP contribution in [0.4, 0.5) is 17.1 Å². The normalized spacial score (nSPS) is 11.3. The molecule has 0 saturated heterocycles. The van der Waals surface area contributed by atoms with E-state index < -0.39 is 0 Å². The second-order valence-corrected chi connectivity index (χ2v) is 15.4. The third-order valence-electron chi connectivity index (χ3n) is 11.8. The molecule has 11 rings (SSSR count). The Morgan fingerprint density at radius 1 is 0.267 bits per heavy atom. The van der Waals surface area contributed by atoms with E-state index in [9.17, 15) is 0 Å². The van der Waals surface area contributed by atoms with Gasteiger partial charge in [0.2, 0.25) is 0 Å². The second-order valence-electron chi connectivity index (χ2n) is 15.4. The Balaban J connectivity index is 1.03. The molecule has 2 heteroatoms. The molecule has 0 fully saturated rings. The van der Waals surface area contributed by atoms with Crippen LogP contribution in [0.2, 0.25) is 0 Å². The number of anilines is 3. The molecular weight excluding hydrogens is 725 g/mol. The smallest absolute Gasteiger partial charge is 0.0541 e. The van der Waals surface area contributed by atoms with Crippen molar-refractivity contribution in [2.75, 3.05) is 4.90 Å². The number of hydrogen-bond donors (Lipinski definition) is 0. The minimum absolute atomic E-state index is 1.09. The molecule has 0 bridgehead atoms. The van der Waals surface area contributed by atoms with Crippen molar-refractivity contribution in [3.8, 4) is 50.2 Å². The number of nitrogens with zero attached hydrogens (tertiary/aromatic N) is 2. The summed E-state index contributed by atoms with van der Waals surface area (Å²) in [7, 11) is 0. The van der Waals surface area contributed by atoms with Gasteiger partial charge in [-0.1, -0.05) is 176 Å². The van der Waals surface area contributed by atoms with E-state index >= 15 is 0 Å². The lowest BCUT2D eigenvalue weighted by Gasteiger charge is -2.26. The van der Waals surface area contributed by atoms with E-state index in [2.05, 4.69) is 252 Å². The van der Waals surface area contributed by atoms with E-state index in [0.29, 0.717) is 0 Å². The van der Waals surface area contributed by atoms with Crippen molar-refractivity contribution in [2.24, 2.45) is 0 Å². The average Bonchev–Trinajstić information content (AvgIpc) is 3.66. The molecule has 0 aliphatic heterocycles. The van der Waals surface area contributed by atoms with Crippen molar-refractivity contribution in [1.82, 2.24) is 4.57 Å². The van der Waals surface area contributed by atoms with Crippen LogP contribution in [0.1, 0.15) is 0 Å². The fourth-order valence-electron chi connectivity index (χ4n) is 8.82. The Hall–Kier alpha value is -7.94. The molecule has 282 valence electrons. The lowest BCUT2D eigenvalue weighted by atomic mass is 9.96. The fraction of sp³-hybridized carbons (Fsp3) is 0. The third kappa shape index (κ3) is 6.41. The Labute approximate surface area is 350 Å². The molecule has 0 aliphatic carbocycles. The lowest BCUT2D eigenvalue weighted by molar-refractivity contribution is 1.18. The zero-order valence-corrected chi connectivity index (χ0v) is 33.0.